The average Bonchev–Trinajstić information content (AvgIpc) is 3.11. The maximum Gasteiger partial charge on any atom is 0.226 e. The lowest BCUT2D eigenvalue weighted by Gasteiger charge is -2.43. The highest BCUT2D eigenvalue weighted by Crippen LogP contribution is 2.48. The number of amides is 2. The summed E-state index contributed by atoms with van der Waals surface area (Å²) in [6, 6.07) is 0. The van der Waals surface area contributed by atoms with Crippen LogP contribution >= 0.6 is 0 Å². The van der Waals surface area contributed by atoms with Gasteiger partial charge in [0.1, 0.15) is 0 Å². The minimum absolute atomic E-state index is 0.0197. The summed E-state index contributed by atoms with van der Waals surface area (Å²) >= 11 is 0. The van der Waals surface area contributed by atoms with E-state index >= 15 is 0 Å². The number of nitrogens with one attached hydrogen (secondary N) is 1. The van der Waals surface area contributed by atoms with Gasteiger partial charge >= 0.3 is 0 Å². The van der Waals surface area contributed by atoms with Crippen molar-refractivity contribution in [2.24, 2.45) is 17.3 Å². The van der Waals surface area contributed by atoms with Crippen LogP contribution in [0.3, 0.4) is 0 Å². The van der Waals surface area contributed by atoms with Crippen molar-refractivity contribution >= 4 is 11.8 Å². The molecule has 4 rings (SSSR count). The van der Waals surface area contributed by atoms with Crippen LogP contribution in [0.5, 0.6) is 0 Å². The van der Waals surface area contributed by atoms with Gasteiger partial charge in [0.25, 0.3) is 0 Å². The van der Waals surface area contributed by atoms with Gasteiger partial charge in [0.05, 0.1) is 0 Å². The van der Waals surface area contributed by atoms with Crippen molar-refractivity contribution in [1.29, 1.82) is 0 Å². The molecular weight excluding hydrogens is 312 g/mol. The van der Waals surface area contributed by atoms with Gasteiger partial charge in [-0.1, -0.05) is 31.8 Å². The zero-order valence-corrected chi connectivity index (χ0v) is 15.4. The second-order valence-corrected chi connectivity index (χ2v) is 8.82. The average molecular weight is 344 g/mol. The van der Waals surface area contributed by atoms with Crippen molar-refractivity contribution in [3.8, 4) is 0 Å². The second-order valence-electron chi connectivity index (χ2n) is 8.82. The number of fused-ring (bicyclic) bond motifs is 1. The molecule has 1 saturated heterocycles. The molecule has 0 bridgehead atoms. The van der Waals surface area contributed by atoms with Crippen molar-refractivity contribution in [1.82, 2.24) is 10.2 Å². The maximum absolute atomic E-state index is 12.4. The molecule has 1 heterocycles. The van der Waals surface area contributed by atoms with E-state index in [1.54, 1.807) is 0 Å². The Kier molecular flexibility index (Phi) is 4.88. The summed E-state index contributed by atoms with van der Waals surface area (Å²) in [6.45, 7) is 1.62. The minimum atomic E-state index is 0.0197. The van der Waals surface area contributed by atoms with Crippen molar-refractivity contribution < 1.29 is 9.59 Å². The number of allylic oxidation sites excluding steroid dienone is 1. The molecule has 138 valence electrons. The van der Waals surface area contributed by atoms with E-state index in [-0.39, 0.29) is 11.3 Å². The molecule has 2 saturated carbocycles. The SMILES string of the molecule is O=C(CCC1CCCC1)NCC12CCC=C1N(CC1CC1)C(=O)CC2. The molecule has 4 aliphatic rings. The topological polar surface area (TPSA) is 49.4 Å². The van der Waals surface area contributed by atoms with Gasteiger partial charge in [-0.15, -0.1) is 0 Å². The van der Waals surface area contributed by atoms with E-state index in [1.165, 1.54) is 44.2 Å². The predicted octanol–water partition coefficient (Wildman–Crippen LogP) is 3.77. The lowest BCUT2D eigenvalue weighted by Crippen LogP contribution is -2.48. The molecule has 0 aromatic rings. The number of hydrogen-bond donors (Lipinski definition) is 1. The highest BCUT2D eigenvalue weighted by atomic mass is 16.2. The molecule has 1 aliphatic heterocycles. The number of carbonyl (C=O) groups excluding carboxylic acids is 2. The summed E-state index contributed by atoms with van der Waals surface area (Å²) in [7, 11) is 0. The van der Waals surface area contributed by atoms with Crippen molar-refractivity contribution in [2.75, 3.05) is 13.1 Å². The predicted molar refractivity (Wildman–Crippen MR) is 97.6 cm³/mol. The first-order valence-electron chi connectivity index (χ1n) is 10.4. The van der Waals surface area contributed by atoms with Crippen LogP contribution in [0, 0.1) is 17.3 Å². The second kappa shape index (κ2) is 7.13. The van der Waals surface area contributed by atoms with Crippen LogP contribution in [-0.4, -0.2) is 29.8 Å². The van der Waals surface area contributed by atoms with E-state index < -0.39 is 0 Å². The van der Waals surface area contributed by atoms with Gasteiger partial charge in [0.2, 0.25) is 11.8 Å². The number of piperidine rings is 1. The van der Waals surface area contributed by atoms with Gasteiger partial charge in [-0.25, -0.2) is 0 Å². The Bertz CT molecular complexity index is 560. The zero-order valence-electron chi connectivity index (χ0n) is 15.4. The third kappa shape index (κ3) is 3.78. The summed E-state index contributed by atoms with van der Waals surface area (Å²) in [5.74, 6) is 1.98. The summed E-state index contributed by atoms with van der Waals surface area (Å²) in [6.07, 6.45) is 15.5. The molecule has 0 aromatic heterocycles. The highest BCUT2D eigenvalue weighted by Gasteiger charge is 2.46. The number of carbonyl (C=O) groups is 2. The zero-order chi connectivity index (χ0) is 17.3. The summed E-state index contributed by atoms with van der Waals surface area (Å²) in [5.41, 5.74) is 1.25. The molecular formula is C21H32N2O2. The first-order valence-corrected chi connectivity index (χ1v) is 10.4. The molecule has 0 spiro atoms. The third-order valence-electron chi connectivity index (χ3n) is 6.93. The van der Waals surface area contributed by atoms with Crippen LogP contribution in [0.1, 0.15) is 77.0 Å². The number of nitrogens with zero attached hydrogens (tertiary/aromatic N) is 1. The van der Waals surface area contributed by atoms with Crippen LogP contribution in [0.25, 0.3) is 0 Å². The summed E-state index contributed by atoms with van der Waals surface area (Å²) < 4.78 is 0. The van der Waals surface area contributed by atoms with Gasteiger partial charge in [0, 0.05) is 37.0 Å². The van der Waals surface area contributed by atoms with Crippen LogP contribution in [0.15, 0.2) is 11.8 Å². The van der Waals surface area contributed by atoms with Gasteiger partial charge in [0.15, 0.2) is 0 Å². The van der Waals surface area contributed by atoms with Crippen molar-refractivity contribution in [2.45, 2.75) is 77.0 Å². The standard InChI is InChI=1S/C21H32N2O2/c24-19(10-9-16-4-1-2-5-16)22-15-21-12-3-6-18(21)23(14-17-7-8-17)20(25)11-13-21/h6,16-17H,1-5,7-15H2,(H,22,24). The van der Waals surface area contributed by atoms with E-state index in [4.69, 9.17) is 0 Å². The van der Waals surface area contributed by atoms with Crippen LogP contribution in [0.4, 0.5) is 0 Å². The Balaban J connectivity index is 1.32. The number of rotatable bonds is 7. The fraction of sp³-hybridized carbons (Fsp3) is 0.810. The number of hydrogen-bond acceptors (Lipinski definition) is 2. The molecule has 0 radical (unpaired) electrons. The molecule has 1 atom stereocenters. The molecule has 3 fully saturated rings. The molecule has 25 heavy (non-hydrogen) atoms. The first-order chi connectivity index (χ1) is 12.2. The van der Waals surface area contributed by atoms with Gasteiger partial charge in [-0.05, 0) is 50.4 Å². The van der Waals surface area contributed by atoms with E-state index in [2.05, 4.69) is 16.3 Å². The first kappa shape index (κ1) is 17.1. The largest absolute Gasteiger partial charge is 0.355 e. The van der Waals surface area contributed by atoms with Crippen molar-refractivity contribution in [3.63, 3.8) is 0 Å². The monoisotopic (exact) mass is 344 g/mol. The molecule has 3 aliphatic carbocycles. The summed E-state index contributed by atoms with van der Waals surface area (Å²) in [5, 5.41) is 3.23. The Hall–Kier alpha value is -1.32. The highest BCUT2D eigenvalue weighted by molar-refractivity contribution is 5.80. The van der Waals surface area contributed by atoms with Crippen LogP contribution in [-0.2, 0) is 9.59 Å². The minimum Gasteiger partial charge on any atom is -0.355 e. The lowest BCUT2D eigenvalue weighted by molar-refractivity contribution is -0.133. The normalized spacial score (nSPS) is 29.7. The van der Waals surface area contributed by atoms with Crippen LogP contribution in [0.2, 0.25) is 0 Å². The molecule has 1 N–H and O–H groups in total. The fourth-order valence-electron chi connectivity index (χ4n) is 5.11. The molecule has 1 unspecified atom stereocenters. The Morgan fingerprint density at radius 1 is 1.16 bits per heavy atom. The van der Waals surface area contributed by atoms with Gasteiger partial charge in [-0.2, -0.15) is 0 Å². The quantitative estimate of drug-likeness (QED) is 0.764. The lowest BCUT2D eigenvalue weighted by atomic mass is 9.76. The molecule has 0 aromatic carbocycles. The van der Waals surface area contributed by atoms with E-state index in [9.17, 15) is 9.59 Å². The Morgan fingerprint density at radius 2 is 1.96 bits per heavy atom. The van der Waals surface area contributed by atoms with Gasteiger partial charge in [-0.3, -0.25) is 9.59 Å². The van der Waals surface area contributed by atoms with E-state index in [0.717, 1.165) is 44.7 Å². The Labute approximate surface area is 151 Å². The summed E-state index contributed by atoms with van der Waals surface area (Å²) in [4.78, 5) is 26.8. The van der Waals surface area contributed by atoms with Crippen molar-refractivity contribution in [3.05, 3.63) is 11.8 Å². The Morgan fingerprint density at radius 3 is 2.72 bits per heavy atom. The molecule has 4 heteroatoms. The van der Waals surface area contributed by atoms with E-state index in [0.29, 0.717) is 24.7 Å². The van der Waals surface area contributed by atoms with Crippen LogP contribution < -0.4 is 5.32 Å². The van der Waals surface area contributed by atoms with E-state index in [1.807, 2.05) is 0 Å². The smallest absolute Gasteiger partial charge is 0.226 e. The van der Waals surface area contributed by atoms with Gasteiger partial charge < -0.3 is 10.2 Å². The maximum atomic E-state index is 12.4. The molecule has 4 nitrogen and oxygen atoms in total. The number of likely N-dealkylation sites (tertiary alicyclic amines) is 1. The third-order valence-corrected chi connectivity index (χ3v) is 6.93. The molecule has 2 amide bonds. The fourth-order valence-corrected chi connectivity index (χ4v) is 5.11.